The normalized spacial score (nSPS) is 13.0. The average Bonchev–Trinajstić information content (AvgIpc) is 2.08. The van der Waals surface area contributed by atoms with Crippen LogP contribution in [0.15, 0.2) is 22.7 Å². The quantitative estimate of drug-likeness (QED) is 0.740. The molecule has 0 fully saturated rings. The van der Waals surface area contributed by atoms with Gasteiger partial charge in [-0.1, -0.05) is 34.5 Å². The van der Waals surface area contributed by atoms with E-state index < -0.39 is 0 Å². The fraction of sp³-hybridized carbons (Fsp3) is 0.333. The number of hydrogen-bond donors (Lipinski definition) is 0. The van der Waals surface area contributed by atoms with Gasteiger partial charge in [0.05, 0.1) is 6.67 Å². The molecule has 0 spiro atoms. The third kappa shape index (κ3) is 2.20. The van der Waals surface area contributed by atoms with Crippen LogP contribution in [0.2, 0.25) is 5.02 Å². The molecule has 0 radical (unpaired) electrons. The highest BCUT2D eigenvalue weighted by molar-refractivity contribution is 9.10. The molecular weight excluding hydrogens is 242 g/mol. The zero-order valence-corrected chi connectivity index (χ0v) is 8.99. The summed E-state index contributed by atoms with van der Waals surface area (Å²) >= 11 is 9.12. The standard InChI is InChI=1S/C9H9BrClF/c1-6(5-12)8-4-7(11)2-3-9(8)10/h2-4,6H,5H2,1H3. The number of benzene rings is 1. The molecule has 0 aliphatic carbocycles. The van der Waals surface area contributed by atoms with Crippen molar-refractivity contribution in [3.63, 3.8) is 0 Å². The van der Waals surface area contributed by atoms with Crippen LogP contribution in [0.1, 0.15) is 18.4 Å². The van der Waals surface area contributed by atoms with Crippen LogP contribution in [0.5, 0.6) is 0 Å². The van der Waals surface area contributed by atoms with Crippen molar-refractivity contribution in [2.24, 2.45) is 0 Å². The molecule has 1 unspecified atom stereocenters. The zero-order valence-electron chi connectivity index (χ0n) is 6.65. The molecule has 0 amide bonds. The highest BCUT2D eigenvalue weighted by Crippen LogP contribution is 2.27. The fourth-order valence-electron chi connectivity index (χ4n) is 0.975. The Hall–Kier alpha value is -0.0800. The molecule has 0 aliphatic heterocycles. The lowest BCUT2D eigenvalue weighted by Gasteiger charge is -2.09. The van der Waals surface area contributed by atoms with Crippen LogP contribution in [-0.4, -0.2) is 6.67 Å². The Kier molecular flexibility index (Phi) is 3.53. The predicted molar refractivity (Wildman–Crippen MR) is 53.5 cm³/mol. The molecule has 12 heavy (non-hydrogen) atoms. The Bertz CT molecular complexity index is 275. The Morgan fingerprint density at radius 1 is 1.58 bits per heavy atom. The van der Waals surface area contributed by atoms with Crippen LogP contribution >= 0.6 is 27.5 Å². The SMILES string of the molecule is CC(CF)c1cc(Cl)ccc1Br. The van der Waals surface area contributed by atoms with Crippen molar-refractivity contribution in [3.8, 4) is 0 Å². The second-order valence-corrected chi connectivity index (χ2v) is 4.01. The monoisotopic (exact) mass is 250 g/mol. The maximum absolute atomic E-state index is 12.3. The molecule has 0 saturated heterocycles. The van der Waals surface area contributed by atoms with Gasteiger partial charge in [-0.3, -0.25) is 4.39 Å². The van der Waals surface area contributed by atoms with E-state index in [0.29, 0.717) is 5.02 Å². The molecule has 0 bridgehead atoms. The summed E-state index contributed by atoms with van der Waals surface area (Å²) in [7, 11) is 0. The Balaban J connectivity index is 3.04. The first kappa shape index (κ1) is 10.0. The Labute approximate surface area is 84.9 Å². The summed E-state index contributed by atoms with van der Waals surface area (Å²) in [5.41, 5.74) is 0.921. The minimum Gasteiger partial charge on any atom is -0.250 e. The van der Waals surface area contributed by atoms with Crippen LogP contribution in [-0.2, 0) is 0 Å². The van der Waals surface area contributed by atoms with Gasteiger partial charge >= 0.3 is 0 Å². The summed E-state index contributed by atoms with van der Waals surface area (Å²) < 4.78 is 13.2. The number of hydrogen-bond acceptors (Lipinski definition) is 0. The summed E-state index contributed by atoms with van der Waals surface area (Å²) in [6.07, 6.45) is 0. The number of halogens is 3. The van der Waals surface area contributed by atoms with Crippen molar-refractivity contribution >= 4 is 27.5 Å². The lowest BCUT2D eigenvalue weighted by atomic mass is 10.0. The number of alkyl halides is 1. The van der Waals surface area contributed by atoms with Gasteiger partial charge < -0.3 is 0 Å². The maximum Gasteiger partial charge on any atom is 0.0960 e. The van der Waals surface area contributed by atoms with Crippen molar-refractivity contribution in [2.75, 3.05) is 6.67 Å². The molecule has 3 heteroatoms. The maximum atomic E-state index is 12.3. The fourth-order valence-corrected chi connectivity index (χ4v) is 1.79. The average molecular weight is 252 g/mol. The molecule has 0 aliphatic rings. The van der Waals surface area contributed by atoms with Crippen molar-refractivity contribution in [2.45, 2.75) is 12.8 Å². The van der Waals surface area contributed by atoms with E-state index in [1.165, 1.54) is 0 Å². The van der Waals surface area contributed by atoms with Gasteiger partial charge in [0.1, 0.15) is 0 Å². The molecule has 1 aromatic carbocycles. The number of rotatable bonds is 2. The van der Waals surface area contributed by atoms with E-state index in [2.05, 4.69) is 15.9 Å². The third-order valence-electron chi connectivity index (χ3n) is 1.72. The predicted octanol–water partition coefficient (Wildman–Crippen LogP) is 4.18. The molecule has 0 saturated carbocycles. The van der Waals surface area contributed by atoms with Gasteiger partial charge in [-0.15, -0.1) is 0 Å². The minimum absolute atomic E-state index is 0.0990. The Morgan fingerprint density at radius 2 is 2.25 bits per heavy atom. The molecule has 0 heterocycles. The first-order valence-electron chi connectivity index (χ1n) is 3.66. The van der Waals surface area contributed by atoms with Gasteiger partial charge in [0.2, 0.25) is 0 Å². The lowest BCUT2D eigenvalue weighted by Crippen LogP contribution is -1.96. The van der Waals surface area contributed by atoms with Gasteiger partial charge in [0, 0.05) is 15.4 Å². The van der Waals surface area contributed by atoms with E-state index in [4.69, 9.17) is 11.6 Å². The van der Waals surface area contributed by atoms with Gasteiger partial charge in [0.25, 0.3) is 0 Å². The van der Waals surface area contributed by atoms with Crippen molar-refractivity contribution in [1.82, 2.24) is 0 Å². The van der Waals surface area contributed by atoms with Gasteiger partial charge in [0.15, 0.2) is 0 Å². The third-order valence-corrected chi connectivity index (χ3v) is 2.68. The first-order chi connectivity index (χ1) is 5.65. The molecule has 1 rings (SSSR count). The van der Waals surface area contributed by atoms with Crippen molar-refractivity contribution < 1.29 is 4.39 Å². The highest BCUT2D eigenvalue weighted by Gasteiger charge is 2.08. The first-order valence-corrected chi connectivity index (χ1v) is 4.83. The van der Waals surface area contributed by atoms with E-state index in [-0.39, 0.29) is 12.6 Å². The van der Waals surface area contributed by atoms with Crippen LogP contribution < -0.4 is 0 Å². The van der Waals surface area contributed by atoms with E-state index >= 15 is 0 Å². The van der Waals surface area contributed by atoms with E-state index in [1.54, 1.807) is 12.1 Å². The molecule has 1 aromatic rings. The van der Waals surface area contributed by atoms with Crippen LogP contribution in [0, 0.1) is 0 Å². The Morgan fingerprint density at radius 3 is 2.83 bits per heavy atom. The van der Waals surface area contributed by atoms with Crippen molar-refractivity contribution in [1.29, 1.82) is 0 Å². The summed E-state index contributed by atoms with van der Waals surface area (Å²) in [5.74, 6) is -0.0990. The van der Waals surface area contributed by atoms with E-state index in [1.807, 2.05) is 13.0 Å². The van der Waals surface area contributed by atoms with Crippen LogP contribution in [0.3, 0.4) is 0 Å². The smallest absolute Gasteiger partial charge is 0.0960 e. The highest BCUT2D eigenvalue weighted by atomic mass is 79.9. The van der Waals surface area contributed by atoms with Gasteiger partial charge in [-0.2, -0.15) is 0 Å². The summed E-state index contributed by atoms with van der Waals surface area (Å²) in [4.78, 5) is 0. The van der Waals surface area contributed by atoms with E-state index in [0.717, 1.165) is 10.0 Å². The molecule has 66 valence electrons. The van der Waals surface area contributed by atoms with Crippen molar-refractivity contribution in [3.05, 3.63) is 33.3 Å². The molecule has 0 nitrogen and oxygen atoms in total. The molecule has 1 atom stereocenters. The topological polar surface area (TPSA) is 0 Å². The van der Waals surface area contributed by atoms with Crippen LogP contribution in [0.25, 0.3) is 0 Å². The summed E-state index contributed by atoms with van der Waals surface area (Å²) in [6, 6.07) is 5.40. The molecule has 0 aromatic heterocycles. The van der Waals surface area contributed by atoms with E-state index in [9.17, 15) is 4.39 Å². The summed E-state index contributed by atoms with van der Waals surface area (Å²) in [5, 5.41) is 0.647. The largest absolute Gasteiger partial charge is 0.250 e. The lowest BCUT2D eigenvalue weighted by molar-refractivity contribution is 0.446. The second-order valence-electron chi connectivity index (χ2n) is 2.72. The molecule has 0 N–H and O–H groups in total. The van der Waals surface area contributed by atoms with Gasteiger partial charge in [-0.05, 0) is 23.8 Å². The second kappa shape index (κ2) is 4.24. The van der Waals surface area contributed by atoms with Crippen LogP contribution in [0.4, 0.5) is 4.39 Å². The molecular formula is C9H9BrClF. The summed E-state index contributed by atoms with van der Waals surface area (Å²) in [6.45, 7) is 1.47. The van der Waals surface area contributed by atoms with Gasteiger partial charge in [-0.25, -0.2) is 0 Å². The zero-order chi connectivity index (χ0) is 9.14. The minimum atomic E-state index is -0.362.